The van der Waals surface area contributed by atoms with Gasteiger partial charge in [-0.3, -0.25) is 0 Å². The number of carbonyl (C=O) groups is 1. The van der Waals surface area contributed by atoms with Crippen LogP contribution in [0.5, 0.6) is 5.75 Å². The van der Waals surface area contributed by atoms with Gasteiger partial charge in [0.2, 0.25) is 0 Å². The molecule has 0 saturated heterocycles. The Hall–Kier alpha value is -2.45. The second-order valence-corrected chi connectivity index (χ2v) is 8.25. The van der Waals surface area contributed by atoms with Crippen LogP contribution in [-0.4, -0.2) is 10.2 Å². The van der Waals surface area contributed by atoms with Crippen molar-refractivity contribution in [1.29, 1.82) is 0 Å². The van der Waals surface area contributed by atoms with E-state index < -0.39 is 23.5 Å². The Kier molecular flexibility index (Phi) is 7.01. The molecule has 2 aromatic carbocycles. The van der Waals surface area contributed by atoms with Crippen molar-refractivity contribution < 1.29 is 27.1 Å². The van der Waals surface area contributed by atoms with Crippen LogP contribution in [-0.2, 0) is 24.0 Å². The number of aromatic nitrogens is 1. The molecule has 0 aliphatic heterocycles. The third kappa shape index (κ3) is 5.62. The summed E-state index contributed by atoms with van der Waals surface area (Å²) in [6.45, 7) is 2.68. The standard InChI is InChI=1S/C22H18ClF4NO2S/c1-12-9-19(18(24)10-15(12)4-3-13(2)29)30-11-17-20(14-5-7-16(23)8-6-14)28-31-21(17)22(25,26)27/h5-10H,3-4,11H2,1-2H3. The fraction of sp³-hybridized carbons (Fsp3) is 0.273. The molecule has 0 fully saturated rings. The van der Waals surface area contributed by atoms with Crippen LogP contribution in [0.2, 0.25) is 5.02 Å². The van der Waals surface area contributed by atoms with E-state index in [-0.39, 0.29) is 29.2 Å². The molecule has 3 rings (SSSR count). The highest BCUT2D eigenvalue weighted by molar-refractivity contribution is 7.06. The third-order valence-electron chi connectivity index (χ3n) is 4.67. The van der Waals surface area contributed by atoms with Crippen LogP contribution in [0.15, 0.2) is 36.4 Å². The lowest BCUT2D eigenvalue weighted by atomic mass is 10.0. The number of aryl methyl sites for hydroxylation is 2. The molecule has 31 heavy (non-hydrogen) atoms. The molecule has 0 aliphatic carbocycles. The van der Waals surface area contributed by atoms with Crippen LogP contribution in [0.4, 0.5) is 17.6 Å². The first-order valence-corrected chi connectivity index (χ1v) is 10.4. The Labute approximate surface area is 185 Å². The highest BCUT2D eigenvalue weighted by Crippen LogP contribution is 2.40. The van der Waals surface area contributed by atoms with Gasteiger partial charge in [-0.25, -0.2) is 4.39 Å². The van der Waals surface area contributed by atoms with Crippen LogP contribution in [0.1, 0.15) is 34.9 Å². The zero-order valence-corrected chi connectivity index (χ0v) is 18.2. The van der Waals surface area contributed by atoms with Crippen molar-refractivity contribution in [2.24, 2.45) is 0 Å². The number of alkyl halides is 3. The summed E-state index contributed by atoms with van der Waals surface area (Å²) in [5.74, 6) is -0.876. The Morgan fingerprint density at radius 1 is 1.19 bits per heavy atom. The maximum atomic E-state index is 14.5. The van der Waals surface area contributed by atoms with Crippen LogP contribution in [0, 0.1) is 12.7 Å². The number of rotatable bonds is 7. The number of hydrogen-bond donors (Lipinski definition) is 0. The third-order valence-corrected chi connectivity index (χ3v) is 5.86. The fourth-order valence-corrected chi connectivity index (χ4v) is 3.93. The SMILES string of the molecule is CC(=O)CCc1cc(F)c(OCc2c(-c3ccc(Cl)cc3)nsc2C(F)(F)F)cc1C. The highest BCUT2D eigenvalue weighted by atomic mass is 35.5. The monoisotopic (exact) mass is 471 g/mol. The van der Waals surface area contributed by atoms with Crippen molar-refractivity contribution in [3.63, 3.8) is 0 Å². The molecule has 3 aromatic rings. The second-order valence-electron chi connectivity index (χ2n) is 7.04. The number of benzene rings is 2. The van der Waals surface area contributed by atoms with Gasteiger partial charge in [-0.05, 0) is 67.2 Å². The minimum Gasteiger partial charge on any atom is -0.486 e. The van der Waals surface area contributed by atoms with Gasteiger partial charge in [0, 0.05) is 22.6 Å². The number of ketones is 1. The molecule has 9 heteroatoms. The smallest absolute Gasteiger partial charge is 0.427 e. The van der Waals surface area contributed by atoms with Gasteiger partial charge in [0.05, 0.1) is 5.69 Å². The van der Waals surface area contributed by atoms with Gasteiger partial charge in [-0.1, -0.05) is 23.7 Å². The predicted molar refractivity (Wildman–Crippen MR) is 112 cm³/mol. The molecule has 0 atom stereocenters. The zero-order chi connectivity index (χ0) is 22.8. The lowest BCUT2D eigenvalue weighted by Gasteiger charge is -2.13. The molecule has 0 amide bonds. The molecular weight excluding hydrogens is 454 g/mol. The minimum absolute atomic E-state index is 0.0144. The number of carbonyl (C=O) groups excluding carboxylic acids is 1. The van der Waals surface area contributed by atoms with Crippen LogP contribution < -0.4 is 4.74 Å². The van der Waals surface area contributed by atoms with Crippen molar-refractivity contribution in [1.82, 2.24) is 4.37 Å². The van der Waals surface area contributed by atoms with Gasteiger partial charge in [0.15, 0.2) is 11.6 Å². The maximum Gasteiger partial charge on any atom is 0.427 e. The van der Waals surface area contributed by atoms with E-state index in [0.29, 0.717) is 39.7 Å². The molecule has 0 aliphatic rings. The summed E-state index contributed by atoms with van der Waals surface area (Å²) in [5.41, 5.74) is 1.73. The van der Waals surface area contributed by atoms with E-state index in [2.05, 4.69) is 4.37 Å². The molecule has 0 spiro atoms. The fourth-order valence-electron chi connectivity index (χ4n) is 3.04. The highest BCUT2D eigenvalue weighted by Gasteiger charge is 2.38. The van der Waals surface area contributed by atoms with E-state index in [4.69, 9.17) is 16.3 Å². The van der Waals surface area contributed by atoms with Crippen molar-refractivity contribution in [2.45, 2.75) is 39.5 Å². The molecule has 1 aromatic heterocycles. The zero-order valence-electron chi connectivity index (χ0n) is 16.6. The number of nitrogens with zero attached hydrogens (tertiary/aromatic N) is 1. The van der Waals surface area contributed by atoms with Crippen LogP contribution in [0.25, 0.3) is 11.3 Å². The number of hydrogen-bond acceptors (Lipinski definition) is 4. The predicted octanol–water partition coefficient (Wildman–Crippen LogP) is 7.03. The summed E-state index contributed by atoms with van der Waals surface area (Å²) in [7, 11) is 0. The van der Waals surface area contributed by atoms with Crippen molar-refractivity contribution in [3.8, 4) is 17.0 Å². The first-order valence-electron chi connectivity index (χ1n) is 9.29. The van der Waals surface area contributed by atoms with Crippen molar-refractivity contribution >= 4 is 28.9 Å². The second kappa shape index (κ2) is 9.36. The summed E-state index contributed by atoms with van der Waals surface area (Å²) in [5, 5.41) is 0.440. The minimum atomic E-state index is -4.62. The van der Waals surface area contributed by atoms with Gasteiger partial charge >= 0.3 is 6.18 Å². The number of halogens is 5. The molecule has 0 unspecified atom stereocenters. The van der Waals surface area contributed by atoms with E-state index in [9.17, 15) is 22.4 Å². The van der Waals surface area contributed by atoms with Gasteiger partial charge in [0.1, 0.15) is 17.3 Å². The van der Waals surface area contributed by atoms with Gasteiger partial charge in [-0.15, -0.1) is 0 Å². The summed E-state index contributed by atoms with van der Waals surface area (Å²) in [6, 6.07) is 8.92. The van der Waals surface area contributed by atoms with Crippen molar-refractivity contribution in [3.05, 3.63) is 68.8 Å². The number of ether oxygens (including phenoxy) is 1. The van der Waals surface area contributed by atoms with E-state index in [1.807, 2.05) is 0 Å². The molecule has 3 nitrogen and oxygen atoms in total. The topological polar surface area (TPSA) is 39.2 Å². The van der Waals surface area contributed by atoms with E-state index in [1.165, 1.54) is 19.1 Å². The van der Waals surface area contributed by atoms with Gasteiger partial charge in [0.25, 0.3) is 0 Å². The average molecular weight is 472 g/mol. The van der Waals surface area contributed by atoms with Crippen LogP contribution in [0.3, 0.4) is 0 Å². The first kappa shape index (κ1) is 23.2. The Morgan fingerprint density at radius 2 is 1.87 bits per heavy atom. The molecule has 0 bridgehead atoms. The van der Waals surface area contributed by atoms with E-state index in [1.54, 1.807) is 31.2 Å². The lowest BCUT2D eigenvalue weighted by molar-refractivity contribution is -0.135. The molecule has 0 radical (unpaired) electrons. The quantitative estimate of drug-likeness (QED) is 0.347. The van der Waals surface area contributed by atoms with Gasteiger partial charge < -0.3 is 9.53 Å². The molecular formula is C22H18ClF4NO2S. The summed E-state index contributed by atoms with van der Waals surface area (Å²) < 4.78 is 64.5. The van der Waals surface area contributed by atoms with E-state index >= 15 is 0 Å². The summed E-state index contributed by atoms with van der Waals surface area (Å²) >= 11 is 6.18. The Balaban J connectivity index is 1.90. The van der Waals surface area contributed by atoms with Gasteiger partial charge in [-0.2, -0.15) is 17.5 Å². The summed E-state index contributed by atoms with van der Waals surface area (Å²) in [4.78, 5) is 10.3. The molecule has 164 valence electrons. The number of Topliss-reactive ketones (excluding diaryl/α,β-unsaturated/α-hetero) is 1. The first-order chi connectivity index (χ1) is 14.6. The van der Waals surface area contributed by atoms with Crippen molar-refractivity contribution in [2.75, 3.05) is 0 Å². The molecule has 1 heterocycles. The summed E-state index contributed by atoms with van der Waals surface area (Å²) in [6.07, 6.45) is -3.96. The van der Waals surface area contributed by atoms with E-state index in [0.717, 1.165) is 0 Å². The average Bonchev–Trinajstić information content (AvgIpc) is 3.12. The normalized spacial score (nSPS) is 11.6. The Bertz CT molecular complexity index is 1090. The molecule has 0 saturated carbocycles. The largest absolute Gasteiger partial charge is 0.486 e. The molecule has 0 N–H and O–H groups in total. The maximum absolute atomic E-state index is 14.5. The Morgan fingerprint density at radius 3 is 2.48 bits per heavy atom. The van der Waals surface area contributed by atoms with Crippen LogP contribution >= 0.6 is 23.1 Å². The lowest BCUT2D eigenvalue weighted by Crippen LogP contribution is -2.09.